The summed E-state index contributed by atoms with van der Waals surface area (Å²) in [6.07, 6.45) is 2.52. The highest BCUT2D eigenvalue weighted by atomic mass is 35.5. The van der Waals surface area contributed by atoms with Crippen LogP contribution in [0.1, 0.15) is 22.3 Å². The number of nitrogens with one attached hydrogen (secondary N) is 2. The van der Waals surface area contributed by atoms with Crippen LogP contribution in [0, 0.1) is 0 Å². The van der Waals surface area contributed by atoms with Gasteiger partial charge in [-0.05, 0) is 54.8 Å². The topological polar surface area (TPSA) is 113 Å². The molecule has 1 aliphatic rings. The molecule has 30 heavy (non-hydrogen) atoms. The second-order valence-corrected chi connectivity index (χ2v) is 11.0. The highest BCUT2D eigenvalue weighted by Gasteiger charge is 2.24. The predicted octanol–water partition coefficient (Wildman–Crippen LogP) is 1.76. The van der Waals surface area contributed by atoms with Crippen molar-refractivity contribution < 1.29 is 21.6 Å². The number of aryl methyl sites for hydroxylation is 1. The van der Waals surface area contributed by atoms with Gasteiger partial charge in [-0.2, -0.15) is 0 Å². The molecule has 2 aromatic carbocycles. The molecular formula is C19H22ClN3O5S2. The highest BCUT2D eigenvalue weighted by molar-refractivity contribution is 7.92. The van der Waals surface area contributed by atoms with Crippen LogP contribution in [-0.4, -0.2) is 48.6 Å². The molecule has 0 saturated carbocycles. The van der Waals surface area contributed by atoms with Crippen LogP contribution in [0.4, 0.5) is 5.69 Å². The van der Waals surface area contributed by atoms with Crippen molar-refractivity contribution in [2.75, 3.05) is 30.2 Å². The van der Waals surface area contributed by atoms with Gasteiger partial charge in [-0.15, -0.1) is 0 Å². The van der Waals surface area contributed by atoms with Crippen molar-refractivity contribution in [3.63, 3.8) is 0 Å². The molecular weight excluding hydrogens is 450 g/mol. The van der Waals surface area contributed by atoms with Gasteiger partial charge in [0.2, 0.25) is 20.0 Å². The maximum atomic E-state index is 12.4. The van der Waals surface area contributed by atoms with Gasteiger partial charge in [-0.25, -0.2) is 21.6 Å². The average molecular weight is 472 g/mol. The van der Waals surface area contributed by atoms with Crippen LogP contribution < -0.4 is 14.3 Å². The van der Waals surface area contributed by atoms with Crippen LogP contribution in [0.15, 0.2) is 47.4 Å². The van der Waals surface area contributed by atoms with Crippen LogP contribution in [0.3, 0.4) is 0 Å². The number of carbonyl (C=O) groups is 1. The molecule has 8 nitrogen and oxygen atoms in total. The van der Waals surface area contributed by atoms with Gasteiger partial charge in [0, 0.05) is 30.2 Å². The zero-order valence-corrected chi connectivity index (χ0v) is 18.6. The molecule has 1 heterocycles. The van der Waals surface area contributed by atoms with E-state index in [9.17, 15) is 21.6 Å². The first-order valence-electron chi connectivity index (χ1n) is 9.22. The Kier molecular flexibility index (Phi) is 6.71. The van der Waals surface area contributed by atoms with Crippen LogP contribution >= 0.6 is 11.6 Å². The number of hydrogen-bond acceptors (Lipinski definition) is 5. The smallest absolute Gasteiger partial charge is 0.251 e. The van der Waals surface area contributed by atoms with Crippen LogP contribution in [0.25, 0.3) is 0 Å². The minimum Gasteiger partial charge on any atom is -0.351 e. The fourth-order valence-corrected chi connectivity index (χ4v) is 5.56. The third-order valence-electron chi connectivity index (χ3n) is 4.63. The number of rotatable bonds is 7. The quantitative estimate of drug-likeness (QED) is 0.597. The third-order valence-corrected chi connectivity index (χ3v) is 7.50. The predicted molar refractivity (Wildman–Crippen MR) is 116 cm³/mol. The first-order chi connectivity index (χ1) is 14.1. The number of hydrogen-bond donors (Lipinski definition) is 2. The number of sulfonamides is 2. The molecule has 0 unspecified atom stereocenters. The molecule has 1 amide bonds. The summed E-state index contributed by atoms with van der Waals surface area (Å²) in [6.45, 7) is 0.517. The normalized spacial score (nSPS) is 14.3. The van der Waals surface area contributed by atoms with E-state index < -0.39 is 20.0 Å². The van der Waals surface area contributed by atoms with Gasteiger partial charge in [0.1, 0.15) is 0 Å². The Labute approximate surface area is 181 Å². The molecule has 0 atom stereocenters. The third kappa shape index (κ3) is 5.31. The summed E-state index contributed by atoms with van der Waals surface area (Å²) in [5, 5.41) is 2.97. The largest absolute Gasteiger partial charge is 0.351 e. The maximum Gasteiger partial charge on any atom is 0.251 e. The van der Waals surface area contributed by atoms with E-state index in [0.717, 1.165) is 11.8 Å². The van der Waals surface area contributed by atoms with E-state index in [4.69, 9.17) is 11.6 Å². The van der Waals surface area contributed by atoms with E-state index in [1.54, 1.807) is 30.3 Å². The molecule has 11 heteroatoms. The summed E-state index contributed by atoms with van der Waals surface area (Å²) in [5.74, 6) is -0.365. The Morgan fingerprint density at radius 3 is 2.57 bits per heavy atom. The lowest BCUT2D eigenvalue weighted by Gasteiger charge is -2.29. The number of halogens is 1. The number of amides is 1. The van der Waals surface area contributed by atoms with Crippen molar-refractivity contribution >= 4 is 43.2 Å². The molecule has 0 spiro atoms. The van der Waals surface area contributed by atoms with E-state index >= 15 is 0 Å². The lowest BCUT2D eigenvalue weighted by molar-refractivity contribution is 0.0954. The molecule has 0 aliphatic carbocycles. The summed E-state index contributed by atoms with van der Waals surface area (Å²) in [6, 6.07) is 10.8. The van der Waals surface area contributed by atoms with Crippen molar-refractivity contribution in [3.8, 4) is 0 Å². The van der Waals surface area contributed by atoms with Gasteiger partial charge in [-0.1, -0.05) is 17.7 Å². The second-order valence-electron chi connectivity index (χ2n) is 6.89. The van der Waals surface area contributed by atoms with Gasteiger partial charge >= 0.3 is 0 Å². The van der Waals surface area contributed by atoms with E-state index in [-0.39, 0.29) is 23.9 Å². The van der Waals surface area contributed by atoms with E-state index in [2.05, 4.69) is 10.0 Å². The van der Waals surface area contributed by atoms with E-state index in [0.29, 0.717) is 35.7 Å². The summed E-state index contributed by atoms with van der Waals surface area (Å²) in [4.78, 5) is 12.5. The van der Waals surface area contributed by atoms with Gasteiger partial charge in [-0.3, -0.25) is 9.10 Å². The first kappa shape index (κ1) is 22.5. The minimum absolute atomic E-state index is 0.00732. The average Bonchev–Trinajstić information content (AvgIpc) is 2.69. The Bertz CT molecular complexity index is 1170. The van der Waals surface area contributed by atoms with Crippen LogP contribution in [0.5, 0.6) is 0 Å². The van der Waals surface area contributed by atoms with Crippen LogP contribution in [-0.2, 0) is 26.5 Å². The number of nitrogens with zero attached hydrogens (tertiary/aromatic N) is 1. The van der Waals surface area contributed by atoms with Crippen molar-refractivity contribution in [1.82, 2.24) is 10.0 Å². The standard InChI is InChI=1S/C19H22ClN3O5S2/c1-29(25,26)23-11-3-4-14-12-15(7-8-18(14)23)19(24)21-9-10-22-30(27,28)17-6-2-5-16(20)13-17/h2,5-8,12-13,22H,3-4,9-11H2,1H3,(H,21,24). The van der Waals surface area contributed by atoms with E-state index in [1.165, 1.54) is 16.4 Å². The molecule has 0 radical (unpaired) electrons. The molecule has 1 aliphatic heterocycles. The van der Waals surface area contributed by atoms with Crippen molar-refractivity contribution in [2.24, 2.45) is 0 Å². The lowest BCUT2D eigenvalue weighted by atomic mass is 10.0. The Morgan fingerprint density at radius 2 is 1.87 bits per heavy atom. The minimum atomic E-state index is -3.73. The maximum absolute atomic E-state index is 12.4. The van der Waals surface area contributed by atoms with Crippen molar-refractivity contribution in [2.45, 2.75) is 17.7 Å². The number of fused-ring (bicyclic) bond motifs is 1. The Hall–Kier alpha value is -2.14. The van der Waals surface area contributed by atoms with Crippen LogP contribution in [0.2, 0.25) is 5.02 Å². The van der Waals surface area contributed by atoms with E-state index in [1.807, 2.05) is 0 Å². The Balaban J connectivity index is 1.59. The second kappa shape index (κ2) is 8.93. The molecule has 2 aromatic rings. The van der Waals surface area contributed by atoms with Gasteiger partial charge in [0.15, 0.2) is 0 Å². The lowest BCUT2D eigenvalue weighted by Crippen LogP contribution is -2.36. The number of carbonyl (C=O) groups excluding carboxylic acids is 1. The highest BCUT2D eigenvalue weighted by Crippen LogP contribution is 2.29. The van der Waals surface area contributed by atoms with Crippen molar-refractivity contribution in [3.05, 3.63) is 58.6 Å². The fourth-order valence-electron chi connectivity index (χ4n) is 3.23. The molecule has 0 fully saturated rings. The zero-order chi connectivity index (χ0) is 21.9. The molecule has 162 valence electrons. The fraction of sp³-hybridized carbons (Fsp3) is 0.316. The zero-order valence-electron chi connectivity index (χ0n) is 16.3. The molecule has 0 saturated heterocycles. The monoisotopic (exact) mass is 471 g/mol. The van der Waals surface area contributed by atoms with Gasteiger partial charge < -0.3 is 5.32 Å². The van der Waals surface area contributed by atoms with Gasteiger partial charge in [0.25, 0.3) is 5.91 Å². The SMILES string of the molecule is CS(=O)(=O)N1CCCc2cc(C(=O)NCCNS(=O)(=O)c3cccc(Cl)c3)ccc21. The summed E-state index contributed by atoms with van der Waals surface area (Å²) < 4.78 is 52.1. The molecule has 0 bridgehead atoms. The molecule has 3 rings (SSSR count). The number of anilines is 1. The summed E-state index contributed by atoms with van der Waals surface area (Å²) in [5.41, 5.74) is 1.78. The number of benzene rings is 2. The van der Waals surface area contributed by atoms with Gasteiger partial charge in [0.05, 0.1) is 16.8 Å². The Morgan fingerprint density at radius 1 is 1.10 bits per heavy atom. The molecule has 0 aromatic heterocycles. The first-order valence-corrected chi connectivity index (χ1v) is 12.9. The summed E-state index contributed by atoms with van der Waals surface area (Å²) >= 11 is 5.82. The van der Waals surface area contributed by atoms with Crippen molar-refractivity contribution in [1.29, 1.82) is 0 Å². The summed E-state index contributed by atoms with van der Waals surface area (Å²) in [7, 11) is -7.10. The molecule has 2 N–H and O–H groups in total.